The van der Waals surface area contributed by atoms with Crippen LogP contribution in [0.15, 0.2) is 23.8 Å². The third-order valence-corrected chi connectivity index (χ3v) is 2.08. The average molecular weight is 240 g/mol. The Morgan fingerprint density at radius 3 is 2.89 bits per heavy atom. The van der Waals surface area contributed by atoms with Gasteiger partial charge in [0.2, 0.25) is 0 Å². The summed E-state index contributed by atoms with van der Waals surface area (Å²) in [5.41, 5.74) is 0.637. The minimum atomic E-state index is -0.427. The molecule has 0 fully saturated rings. The van der Waals surface area contributed by atoms with Crippen molar-refractivity contribution in [3.8, 4) is 12.1 Å². The molecule has 0 aliphatic heterocycles. The first kappa shape index (κ1) is 13.4. The van der Waals surface area contributed by atoms with Gasteiger partial charge in [-0.1, -0.05) is 13.0 Å². The predicted molar refractivity (Wildman–Crippen MR) is 65.8 cm³/mol. The molecule has 0 bridgehead atoms. The van der Waals surface area contributed by atoms with Gasteiger partial charge in [0.25, 0.3) is 5.91 Å². The molecule has 0 saturated carbocycles. The van der Waals surface area contributed by atoms with E-state index in [1.807, 2.05) is 19.1 Å². The van der Waals surface area contributed by atoms with E-state index in [0.29, 0.717) is 12.2 Å². The van der Waals surface area contributed by atoms with E-state index in [9.17, 15) is 4.79 Å². The molecule has 1 rings (SSSR count). The van der Waals surface area contributed by atoms with E-state index in [1.54, 1.807) is 18.2 Å². The van der Waals surface area contributed by atoms with Gasteiger partial charge in [0.05, 0.1) is 5.69 Å². The fraction of sp³-hybridized carbons (Fsp3) is 0.231. The Kier molecular flexibility index (Phi) is 5.08. The number of carbonyl (C=O) groups excluding carboxylic acids is 1. The van der Waals surface area contributed by atoms with Gasteiger partial charge < -0.3 is 5.32 Å². The molecule has 1 aromatic heterocycles. The number of nitrogens with one attached hydrogen (secondary N) is 1. The Hall–Kier alpha value is -2.66. The Morgan fingerprint density at radius 1 is 1.50 bits per heavy atom. The second-order valence-corrected chi connectivity index (χ2v) is 3.49. The van der Waals surface area contributed by atoms with Crippen LogP contribution in [0.25, 0.3) is 6.08 Å². The van der Waals surface area contributed by atoms with E-state index in [4.69, 9.17) is 10.5 Å². The third kappa shape index (κ3) is 3.73. The lowest BCUT2D eigenvalue weighted by Crippen LogP contribution is -2.25. The molecule has 0 atom stereocenters. The van der Waals surface area contributed by atoms with Crippen LogP contribution in [0.5, 0.6) is 0 Å². The second kappa shape index (κ2) is 6.82. The van der Waals surface area contributed by atoms with Crippen LogP contribution in [-0.2, 0) is 4.79 Å². The van der Waals surface area contributed by atoms with Gasteiger partial charge in [0, 0.05) is 6.54 Å². The maximum Gasteiger partial charge on any atom is 0.262 e. The molecule has 1 heterocycles. The fourth-order valence-corrected chi connectivity index (χ4v) is 1.22. The van der Waals surface area contributed by atoms with Crippen molar-refractivity contribution in [2.75, 3.05) is 6.54 Å². The Morgan fingerprint density at radius 2 is 2.28 bits per heavy atom. The molecule has 18 heavy (non-hydrogen) atoms. The van der Waals surface area contributed by atoms with E-state index < -0.39 is 5.91 Å². The number of nitrogens with zero attached hydrogens (tertiary/aromatic N) is 3. The quantitative estimate of drug-likeness (QED) is 0.636. The highest BCUT2D eigenvalue weighted by atomic mass is 16.1. The number of hydrogen-bond donors (Lipinski definition) is 1. The number of pyridine rings is 1. The van der Waals surface area contributed by atoms with Crippen molar-refractivity contribution < 1.29 is 4.79 Å². The van der Waals surface area contributed by atoms with Crippen molar-refractivity contribution in [1.29, 1.82) is 10.5 Å². The zero-order chi connectivity index (χ0) is 13.4. The van der Waals surface area contributed by atoms with Gasteiger partial charge in [0.1, 0.15) is 23.4 Å². The van der Waals surface area contributed by atoms with Gasteiger partial charge in [-0.05, 0) is 24.6 Å². The number of nitriles is 2. The lowest BCUT2D eigenvalue weighted by atomic mass is 10.2. The van der Waals surface area contributed by atoms with Gasteiger partial charge in [-0.25, -0.2) is 4.98 Å². The molecule has 0 saturated heterocycles. The molecular weight excluding hydrogens is 228 g/mol. The summed E-state index contributed by atoms with van der Waals surface area (Å²) in [4.78, 5) is 15.6. The lowest BCUT2D eigenvalue weighted by molar-refractivity contribution is -0.117. The molecule has 1 aromatic rings. The number of carbonyl (C=O) groups is 1. The molecule has 0 aromatic carbocycles. The topological polar surface area (TPSA) is 89.6 Å². The minimum absolute atomic E-state index is 0.0222. The van der Waals surface area contributed by atoms with Crippen molar-refractivity contribution in [2.45, 2.75) is 13.3 Å². The fourth-order valence-electron chi connectivity index (χ4n) is 1.22. The summed E-state index contributed by atoms with van der Waals surface area (Å²) in [7, 11) is 0. The van der Waals surface area contributed by atoms with Gasteiger partial charge in [-0.3, -0.25) is 4.79 Å². The average Bonchev–Trinajstić information content (AvgIpc) is 2.42. The molecule has 0 aliphatic carbocycles. The molecular formula is C13H12N4O. The highest BCUT2D eigenvalue weighted by molar-refractivity contribution is 6.01. The zero-order valence-corrected chi connectivity index (χ0v) is 9.97. The Balaban J connectivity index is 2.94. The van der Waals surface area contributed by atoms with Crippen LogP contribution in [0.2, 0.25) is 0 Å². The largest absolute Gasteiger partial charge is 0.351 e. The van der Waals surface area contributed by atoms with Crippen LogP contribution < -0.4 is 5.32 Å². The molecule has 5 nitrogen and oxygen atoms in total. The molecule has 0 spiro atoms. The maximum atomic E-state index is 11.6. The van der Waals surface area contributed by atoms with E-state index in [-0.39, 0.29) is 11.3 Å². The summed E-state index contributed by atoms with van der Waals surface area (Å²) in [6.07, 6.45) is 2.17. The van der Waals surface area contributed by atoms with Crippen molar-refractivity contribution in [1.82, 2.24) is 10.3 Å². The molecule has 5 heteroatoms. The molecule has 1 N–H and O–H groups in total. The number of hydrogen-bond acceptors (Lipinski definition) is 4. The zero-order valence-electron chi connectivity index (χ0n) is 9.97. The van der Waals surface area contributed by atoms with Crippen LogP contribution in [0.3, 0.4) is 0 Å². The first-order chi connectivity index (χ1) is 8.71. The van der Waals surface area contributed by atoms with Crippen molar-refractivity contribution in [3.63, 3.8) is 0 Å². The highest BCUT2D eigenvalue weighted by Gasteiger charge is 2.08. The number of aromatic nitrogens is 1. The van der Waals surface area contributed by atoms with Gasteiger partial charge in [-0.15, -0.1) is 0 Å². The van der Waals surface area contributed by atoms with Crippen molar-refractivity contribution in [2.24, 2.45) is 0 Å². The Labute approximate surface area is 105 Å². The molecule has 90 valence electrons. The van der Waals surface area contributed by atoms with Gasteiger partial charge >= 0.3 is 0 Å². The van der Waals surface area contributed by atoms with Gasteiger partial charge in [0.15, 0.2) is 0 Å². The summed E-state index contributed by atoms with van der Waals surface area (Å²) in [5, 5.41) is 20.2. The second-order valence-electron chi connectivity index (χ2n) is 3.49. The monoisotopic (exact) mass is 240 g/mol. The van der Waals surface area contributed by atoms with Crippen LogP contribution in [0, 0.1) is 22.7 Å². The smallest absolute Gasteiger partial charge is 0.262 e. The van der Waals surface area contributed by atoms with Crippen molar-refractivity contribution >= 4 is 12.0 Å². The van der Waals surface area contributed by atoms with Crippen molar-refractivity contribution in [3.05, 3.63) is 35.2 Å². The molecule has 0 unspecified atom stereocenters. The van der Waals surface area contributed by atoms with Crippen LogP contribution in [-0.4, -0.2) is 17.4 Å². The summed E-state index contributed by atoms with van der Waals surface area (Å²) >= 11 is 0. The first-order valence-electron chi connectivity index (χ1n) is 5.48. The summed E-state index contributed by atoms with van der Waals surface area (Å²) < 4.78 is 0. The minimum Gasteiger partial charge on any atom is -0.351 e. The third-order valence-electron chi connectivity index (χ3n) is 2.08. The van der Waals surface area contributed by atoms with Crippen LogP contribution >= 0.6 is 0 Å². The molecule has 0 radical (unpaired) electrons. The lowest BCUT2D eigenvalue weighted by Gasteiger charge is -2.01. The van der Waals surface area contributed by atoms with Crippen LogP contribution in [0.4, 0.5) is 0 Å². The standard InChI is InChI=1S/C13H12N4O/c1-2-6-16-13(18)10(8-14)7-11-4-3-5-12(9-15)17-11/h3-5,7H,2,6H2,1H3,(H,16,18)/b10-7+. The summed E-state index contributed by atoms with van der Waals surface area (Å²) in [5.74, 6) is -0.427. The summed E-state index contributed by atoms with van der Waals surface area (Å²) in [6.45, 7) is 2.44. The van der Waals surface area contributed by atoms with E-state index in [1.165, 1.54) is 6.08 Å². The first-order valence-corrected chi connectivity index (χ1v) is 5.48. The van der Waals surface area contributed by atoms with E-state index in [2.05, 4.69) is 10.3 Å². The highest BCUT2D eigenvalue weighted by Crippen LogP contribution is 2.05. The maximum absolute atomic E-state index is 11.6. The van der Waals surface area contributed by atoms with E-state index in [0.717, 1.165) is 6.42 Å². The van der Waals surface area contributed by atoms with E-state index >= 15 is 0 Å². The summed E-state index contributed by atoms with van der Waals surface area (Å²) in [6, 6.07) is 8.56. The van der Waals surface area contributed by atoms with Gasteiger partial charge in [-0.2, -0.15) is 10.5 Å². The molecule has 0 aliphatic rings. The number of amides is 1. The SMILES string of the molecule is CCCNC(=O)/C(C#N)=C/c1cccc(C#N)n1. The molecule has 1 amide bonds. The number of rotatable bonds is 4. The predicted octanol–water partition coefficient (Wildman–Crippen LogP) is 1.39. The Bertz CT molecular complexity index is 549. The normalized spacial score (nSPS) is 10.3. The van der Waals surface area contributed by atoms with Crippen LogP contribution in [0.1, 0.15) is 24.7 Å².